The Morgan fingerprint density at radius 1 is 1.08 bits per heavy atom. The van der Waals surface area contributed by atoms with Crippen molar-refractivity contribution in [1.82, 2.24) is 9.27 Å². The van der Waals surface area contributed by atoms with Crippen molar-refractivity contribution in [3.8, 4) is 0 Å². The standard InChI is InChI=1S/C20H22N2O2S/c1-14(12-13-16-8-4-3-5-9-16)21-19(23)15(2)22-20(24)17-10-6-7-11-18(17)25-22/h3-11,14-15H,12-13H2,1-2H3,(H,21,23)/t14-,15+/m0/s1. The summed E-state index contributed by atoms with van der Waals surface area (Å²) in [6.45, 7) is 3.78. The Morgan fingerprint density at radius 3 is 2.48 bits per heavy atom. The van der Waals surface area contributed by atoms with Crippen LogP contribution >= 0.6 is 11.5 Å². The van der Waals surface area contributed by atoms with Gasteiger partial charge in [-0.3, -0.25) is 13.5 Å². The fourth-order valence-corrected chi connectivity index (χ4v) is 3.85. The SMILES string of the molecule is C[C@H](C(=O)N[C@@H](C)CCc1ccccc1)n1sc2ccccc2c1=O. The predicted octanol–water partition coefficient (Wildman–Crippen LogP) is 3.76. The van der Waals surface area contributed by atoms with Gasteiger partial charge in [0.15, 0.2) is 0 Å². The van der Waals surface area contributed by atoms with Gasteiger partial charge in [0.25, 0.3) is 5.56 Å². The molecule has 0 unspecified atom stereocenters. The Morgan fingerprint density at radius 2 is 1.76 bits per heavy atom. The Kier molecular flexibility index (Phi) is 5.34. The summed E-state index contributed by atoms with van der Waals surface area (Å²) in [6.07, 6.45) is 1.78. The van der Waals surface area contributed by atoms with Crippen molar-refractivity contribution in [3.05, 3.63) is 70.5 Å². The maximum Gasteiger partial charge on any atom is 0.269 e. The van der Waals surface area contributed by atoms with E-state index < -0.39 is 6.04 Å². The molecule has 0 aliphatic heterocycles. The van der Waals surface area contributed by atoms with Crippen LogP contribution in [0.3, 0.4) is 0 Å². The number of carbonyl (C=O) groups excluding carboxylic acids is 1. The van der Waals surface area contributed by atoms with Crippen LogP contribution in [0.5, 0.6) is 0 Å². The number of carbonyl (C=O) groups is 1. The van der Waals surface area contributed by atoms with Crippen LogP contribution in [0.2, 0.25) is 0 Å². The first-order valence-corrected chi connectivity index (χ1v) is 9.28. The molecule has 0 fully saturated rings. The largest absolute Gasteiger partial charge is 0.352 e. The molecule has 2 atom stereocenters. The van der Waals surface area contributed by atoms with E-state index in [-0.39, 0.29) is 17.5 Å². The Balaban J connectivity index is 1.63. The number of rotatable bonds is 6. The molecule has 0 spiro atoms. The lowest BCUT2D eigenvalue weighted by Gasteiger charge is -2.17. The lowest BCUT2D eigenvalue weighted by molar-refractivity contribution is -0.124. The lowest BCUT2D eigenvalue weighted by Crippen LogP contribution is -2.39. The molecule has 1 aromatic heterocycles. The van der Waals surface area contributed by atoms with Gasteiger partial charge in [-0.05, 0) is 44.4 Å². The summed E-state index contributed by atoms with van der Waals surface area (Å²) in [6, 6.07) is 17.2. The van der Waals surface area contributed by atoms with E-state index >= 15 is 0 Å². The van der Waals surface area contributed by atoms with E-state index in [0.29, 0.717) is 5.39 Å². The molecule has 0 aliphatic carbocycles. The summed E-state index contributed by atoms with van der Waals surface area (Å²) in [5.74, 6) is -0.116. The molecule has 1 heterocycles. The second-order valence-electron chi connectivity index (χ2n) is 6.33. The highest BCUT2D eigenvalue weighted by atomic mass is 32.1. The Hall–Kier alpha value is -2.40. The van der Waals surface area contributed by atoms with E-state index in [1.807, 2.05) is 43.3 Å². The van der Waals surface area contributed by atoms with Gasteiger partial charge in [-0.25, -0.2) is 0 Å². The smallest absolute Gasteiger partial charge is 0.269 e. The van der Waals surface area contributed by atoms with Crippen molar-refractivity contribution >= 4 is 27.5 Å². The normalized spacial score (nSPS) is 13.5. The molecule has 25 heavy (non-hydrogen) atoms. The Bertz CT molecular complexity index is 914. The zero-order valence-electron chi connectivity index (χ0n) is 14.4. The van der Waals surface area contributed by atoms with E-state index in [1.54, 1.807) is 16.9 Å². The topological polar surface area (TPSA) is 51.1 Å². The lowest BCUT2D eigenvalue weighted by atomic mass is 10.1. The predicted molar refractivity (Wildman–Crippen MR) is 103 cm³/mol. The molecule has 4 nitrogen and oxygen atoms in total. The minimum Gasteiger partial charge on any atom is -0.352 e. The van der Waals surface area contributed by atoms with Gasteiger partial charge in [0.05, 0.1) is 10.1 Å². The third-order valence-corrected chi connectivity index (χ3v) is 5.57. The highest BCUT2D eigenvalue weighted by molar-refractivity contribution is 7.14. The van der Waals surface area contributed by atoms with Crippen LogP contribution < -0.4 is 10.9 Å². The third-order valence-electron chi connectivity index (χ3n) is 4.34. The van der Waals surface area contributed by atoms with E-state index in [0.717, 1.165) is 17.5 Å². The number of nitrogens with one attached hydrogen (secondary N) is 1. The van der Waals surface area contributed by atoms with E-state index in [4.69, 9.17) is 0 Å². The van der Waals surface area contributed by atoms with Crippen LogP contribution in [0.4, 0.5) is 0 Å². The van der Waals surface area contributed by atoms with Crippen molar-refractivity contribution < 1.29 is 4.79 Å². The number of aryl methyl sites for hydroxylation is 1. The first-order valence-electron chi connectivity index (χ1n) is 8.51. The van der Waals surface area contributed by atoms with Crippen LogP contribution in [-0.2, 0) is 11.2 Å². The summed E-state index contributed by atoms with van der Waals surface area (Å²) in [4.78, 5) is 25.0. The number of hydrogen-bond donors (Lipinski definition) is 1. The highest BCUT2D eigenvalue weighted by Gasteiger charge is 2.20. The van der Waals surface area contributed by atoms with Gasteiger partial charge in [0.1, 0.15) is 6.04 Å². The molecule has 0 saturated heterocycles. The molecule has 5 heteroatoms. The van der Waals surface area contributed by atoms with Gasteiger partial charge in [-0.15, -0.1) is 0 Å². The molecular formula is C20H22N2O2S. The summed E-state index contributed by atoms with van der Waals surface area (Å²) >= 11 is 1.34. The molecule has 3 aromatic rings. The quantitative estimate of drug-likeness (QED) is 0.733. The van der Waals surface area contributed by atoms with Crippen LogP contribution in [0.1, 0.15) is 31.9 Å². The Labute approximate surface area is 151 Å². The number of hydrogen-bond acceptors (Lipinski definition) is 3. The number of fused-ring (bicyclic) bond motifs is 1. The van der Waals surface area contributed by atoms with Crippen molar-refractivity contribution in [1.29, 1.82) is 0 Å². The average Bonchev–Trinajstić information content (AvgIpc) is 2.97. The fraction of sp³-hybridized carbons (Fsp3) is 0.300. The average molecular weight is 354 g/mol. The minimum absolute atomic E-state index is 0.0558. The zero-order chi connectivity index (χ0) is 17.8. The van der Waals surface area contributed by atoms with Crippen LogP contribution in [-0.4, -0.2) is 15.9 Å². The van der Waals surface area contributed by atoms with E-state index in [2.05, 4.69) is 17.4 Å². The summed E-state index contributed by atoms with van der Waals surface area (Å²) < 4.78 is 2.47. The molecule has 0 aliphatic rings. The molecular weight excluding hydrogens is 332 g/mol. The maximum absolute atomic E-state index is 12.5. The van der Waals surface area contributed by atoms with Gasteiger partial charge >= 0.3 is 0 Å². The fourth-order valence-electron chi connectivity index (χ4n) is 2.81. The monoisotopic (exact) mass is 354 g/mol. The zero-order valence-corrected chi connectivity index (χ0v) is 15.3. The summed E-state index contributed by atoms with van der Waals surface area (Å²) in [5, 5.41) is 3.70. The number of aromatic nitrogens is 1. The van der Waals surface area contributed by atoms with Crippen LogP contribution in [0.25, 0.3) is 10.1 Å². The summed E-state index contributed by atoms with van der Waals surface area (Å²) in [7, 11) is 0. The van der Waals surface area contributed by atoms with Crippen molar-refractivity contribution in [3.63, 3.8) is 0 Å². The molecule has 0 radical (unpaired) electrons. The minimum atomic E-state index is -0.510. The van der Waals surface area contributed by atoms with Crippen molar-refractivity contribution in [2.75, 3.05) is 0 Å². The number of benzene rings is 2. The van der Waals surface area contributed by atoms with Crippen molar-refractivity contribution in [2.45, 2.75) is 38.8 Å². The van der Waals surface area contributed by atoms with E-state index in [1.165, 1.54) is 17.1 Å². The van der Waals surface area contributed by atoms with Gasteiger partial charge in [0, 0.05) is 6.04 Å². The van der Waals surface area contributed by atoms with Gasteiger partial charge in [-0.2, -0.15) is 0 Å². The van der Waals surface area contributed by atoms with Gasteiger partial charge in [-0.1, -0.05) is 54.0 Å². The highest BCUT2D eigenvalue weighted by Crippen LogP contribution is 2.19. The van der Waals surface area contributed by atoms with Crippen molar-refractivity contribution in [2.24, 2.45) is 0 Å². The molecule has 0 saturated carbocycles. The van der Waals surface area contributed by atoms with Crippen LogP contribution in [0, 0.1) is 0 Å². The maximum atomic E-state index is 12.5. The van der Waals surface area contributed by atoms with Gasteiger partial charge in [0.2, 0.25) is 5.91 Å². The number of amides is 1. The third kappa shape index (κ3) is 3.99. The first-order chi connectivity index (χ1) is 12.1. The second kappa shape index (κ2) is 7.66. The first kappa shape index (κ1) is 17.4. The molecule has 0 bridgehead atoms. The number of nitrogens with zero attached hydrogens (tertiary/aromatic N) is 1. The van der Waals surface area contributed by atoms with Crippen LogP contribution in [0.15, 0.2) is 59.4 Å². The second-order valence-corrected chi connectivity index (χ2v) is 7.34. The molecule has 2 aromatic carbocycles. The van der Waals surface area contributed by atoms with Gasteiger partial charge < -0.3 is 5.32 Å². The molecule has 130 valence electrons. The summed E-state index contributed by atoms with van der Waals surface area (Å²) in [5.41, 5.74) is 1.16. The molecule has 1 N–H and O–H groups in total. The van der Waals surface area contributed by atoms with E-state index in [9.17, 15) is 9.59 Å². The molecule has 1 amide bonds. The molecule has 3 rings (SSSR count).